The summed E-state index contributed by atoms with van der Waals surface area (Å²) >= 11 is 0. The minimum Gasteiger partial charge on any atom is -0.326 e. The summed E-state index contributed by atoms with van der Waals surface area (Å²) in [6.07, 6.45) is 5.22. The summed E-state index contributed by atoms with van der Waals surface area (Å²) in [7, 11) is 9.50. The Bertz CT molecular complexity index is 549. The molecule has 6 heteroatoms. The van der Waals surface area contributed by atoms with E-state index in [1.807, 2.05) is 0 Å². The molecule has 2 saturated heterocycles. The molecule has 0 aliphatic carbocycles. The van der Waals surface area contributed by atoms with Crippen molar-refractivity contribution in [3.05, 3.63) is 0 Å². The van der Waals surface area contributed by atoms with Gasteiger partial charge in [0, 0.05) is 54.3 Å². The molecule has 0 spiro atoms. The highest BCUT2D eigenvalue weighted by Gasteiger charge is 2.51. The molecule has 0 aromatic carbocycles. The third-order valence-electron chi connectivity index (χ3n) is 8.68. The van der Waals surface area contributed by atoms with Crippen LogP contribution < -0.4 is 0 Å². The van der Waals surface area contributed by atoms with Crippen molar-refractivity contribution in [3.8, 4) is 0 Å². The van der Waals surface area contributed by atoms with E-state index in [0.717, 1.165) is 47.7 Å². The second-order valence-electron chi connectivity index (χ2n) is 14.4. The van der Waals surface area contributed by atoms with Gasteiger partial charge in [-0.05, 0) is 55.4 Å². The molecule has 0 atom stereocenters. The number of nitrogens with zero attached hydrogens (tertiary/aromatic N) is 4. The predicted octanol–water partition coefficient (Wildman–Crippen LogP) is 4.35. The maximum absolute atomic E-state index is 10.7. The van der Waals surface area contributed by atoms with Crippen LogP contribution in [0.5, 0.6) is 0 Å². The van der Waals surface area contributed by atoms with E-state index in [1.165, 1.54) is 6.42 Å². The van der Waals surface area contributed by atoms with Crippen LogP contribution in [0.1, 0.15) is 87.5 Å². The molecule has 0 unspecified atom stereocenters. The van der Waals surface area contributed by atoms with Gasteiger partial charge in [0.2, 0.25) is 0 Å². The Morgan fingerprint density at radius 2 is 0.806 bits per heavy atom. The molecule has 0 radical (unpaired) electrons. The molecule has 0 aromatic heterocycles. The Morgan fingerprint density at radius 1 is 0.581 bits per heavy atom. The van der Waals surface area contributed by atoms with Crippen LogP contribution in [-0.4, -0.2) is 105 Å². The van der Waals surface area contributed by atoms with Crippen molar-refractivity contribution in [1.82, 2.24) is 10.1 Å². The van der Waals surface area contributed by atoms with Crippen LogP contribution in [0.3, 0.4) is 0 Å². The molecule has 6 nitrogen and oxygen atoms in total. The Labute approximate surface area is 192 Å². The highest BCUT2D eigenvalue weighted by atomic mass is 16.5. The fourth-order valence-corrected chi connectivity index (χ4v) is 6.67. The van der Waals surface area contributed by atoms with E-state index in [4.69, 9.17) is 0 Å². The van der Waals surface area contributed by atoms with Crippen LogP contribution in [0.25, 0.3) is 0 Å². The highest BCUT2D eigenvalue weighted by Crippen LogP contribution is 2.41. The van der Waals surface area contributed by atoms with Gasteiger partial charge in [-0.25, -0.2) is 0 Å². The maximum Gasteiger partial charge on any atom is 0.0923 e. The Balaban J connectivity index is 2.03. The third kappa shape index (κ3) is 5.64. The average Bonchev–Trinajstić information content (AvgIpc) is 2.56. The van der Waals surface area contributed by atoms with Crippen molar-refractivity contribution in [2.45, 2.75) is 122 Å². The van der Waals surface area contributed by atoms with Crippen molar-refractivity contribution in [3.63, 3.8) is 0 Å². The van der Waals surface area contributed by atoms with E-state index >= 15 is 0 Å². The summed E-state index contributed by atoms with van der Waals surface area (Å²) in [6, 6.07) is 1.08. The number of rotatable bonds is 6. The molecule has 0 amide bonds. The minimum absolute atomic E-state index is 0.202. The predicted molar refractivity (Wildman–Crippen MR) is 128 cm³/mol. The topological polar surface area (TPSA) is 46.9 Å². The van der Waals surface area contributed by atoms with E-state index < -0.39 is 0 Å². The van der Waals surface area contributed by atoms with Crippen molar-refractivity contribution < 1.29 is 19.4 Å². The molecule has 31 heavy (non-hydrogen) atoms. The van der Waals surface area contributed by atoms with Gasteiger partial charge in [0.05, 0.1) is 53.4 Å². The Kier molecular flexibility index (Phi) is 7.15. The lowest BCUT2D eigenvalue weighted by molar-refractivity contribution is -0.936. The Morgan fingerprint density at radius 3 is 1.03 bits per heavy atom. The number of piperidine rings is 2. The van der Waals surface area contributed by atoms with Crippen molar-refractivity contribution in [2.24, 2.45) is 0 Å². The van der Waals surface area contributed by atoms with Crippen molar-refractivity contribution in [2.75, 3.05) is 41.3 Å². The van der Waals surface area contributed by atoms with Crippen molar-refractivity contribution >= 4 is 0 Å². The molecule has 0 saturated carbocycles. The normalized spacial score (nSPS) is 28.1. The zero-order valence-corrected chi connectivity index (χ0v) is 22.8. The number of hydroxylamine groups is 4. The molecule has 2 N–H and O–H groups in total. The Hall–Kier alpha value is -0.240. The summed E-state index contributed by atoms with van der Waals surface area (Å²) in [5.41, 5.74) is -0.807. The second-order valence-corrected chi connectivity index (χ2v) is 14.4. The first-order chi connectivity index (χ1) is 13.6. The molecule has 184 valence electrons. The third-order valence-corrected chi connectivity index (χ3v) is 8.68. The fourth-order valence-electron chi connectivity index (χ4n) is 6.67. The molecule has 2 aliphatic rings. The first-order valence-corrected chi connectivity index (χ1v) is 12.3. The second kappa shape index (κ2) is 8.21. The largest absolute Gasteiger partial charge is 0.326 e. The first kappa shape index (κ1) is 27.0. The van der Waals surface area contributed by atoms with E-state index in [0.29, 0.717) is 12.1 Å². The number of quaternary nitrogens is 2. The van der Waals surface area contributed by atoms with Crippen LogP contribution in [0.4, 0.5) is 0 Å². The van der Waals surface area contributed by atoms with Gasteiger partial charge in [0.15, 0.2) is 0 Å². The van der Waals surface area contributed by atoms with Gasteiger partial charge in [-0.1, -0.05) is 0 Å². The lowest BCUT2D eigenvalue weighted by Gasteiger charge is -2.55. The molecule has 2 rings (SSSR count). The molecular weight excluding hydrogens is 388 g/mol. The van der Waals surface area contributed by atoms with E-state index in [2.05, 4.69) is 83.6 Å². The standard InChI is InChI=1S/C25H54N4O2/c1-22(2)16-20(17-23(3,4)26(22)30)28(9,10)14-13-15-29(11,12)21-18-24(5,6)27(31)25(7,8)19-21/h20-21,30-31H,13-19H2,1-12H3/q+2. The van der Waals surface area contributed by atoms with Gasteiger partial charge in [0.25, 0.3) is 0 Å². The zero-order chi connectivity index (χ0) is 24.3. The van der Waals surface area contributed by atoms with Crippen molar-refractivity contribution in [1.29, 1.82) is 0 Å². The zero-order valence-electron chi connectivity index (χ0n) is 22.8. The molecule has 2 heterocycles. The molecular formula is C25H54N4O2+2. The molecule has 2 aliphatic heterocycles. The van der Waals surface area contributed by atoms with Gasteiger partial charge in [-0.15, -0.1) is 0 Å². The minimum atomic E-state index is -0.202. The quantitative estimate of drug-likeness (QED) is 0.600. The summed E-state index contributed by atoms with van der Waals surface area (Å²) in [6.45, 7) is 19.6. The summed E-state index contributed by atoms with van der Waals surface area (Å²) < 4.78 is 2.01. The summed E-state index contributed by atoms with van der Waals surface area (Å²) in [5.74, 6) is 0. The van der Waals surface area contributed by atoms with Crippen LogP contribution in [0.15, 0.2) is 0 Å². The summed E-state index contributed by atoms with van der Waals surface area (Å²) in [5, 5.41) is 24.5. The first-order valence-electron chi connectivity index (χ1n) is 12.3. The smallest absolute Gasteiger partial charge is 0.0923 e. The van der Waals surface area contributed by atoms with Gasteiger partial charge >= 0.3 is 0 Å². The lowest BCUT2D eigenvalue weighted by Crippen LogP contribution is -2.67. The molecule has 0 bridgehead atoms. The summed E-state index contributed by atoms with van der Waals surface area (Å²) in [4.78, 5) is 0. The highest BCUT2D eigenvalue weighted by molar-refractivity contribution is 4.98. The van der Waals surface area contributed by atoms with Gasteiger partial charge < -0.3 is 19.4 Å². The molecule has 0 aromatic rings. The molecule has 2 fully saturated rings. The van der Waals surface area contributed by atoms with Crippen LogP contribution >= 0.6 is 0 Å². The maximum atomic E-state index is 10.7. The van der Waals surface area contributed by atoms with E-state index in [1.54, 1.807) is 10.1 Å². The number of hydrogen-bond acceptors (Lipinski definition) is 4. The van der Waals surface area contributed by atoms with Gasteiger partial charge in [-0.2, -0.15) is 10.1 Å². The van der Waals surface area contributed by atoms with E-state index in [-0.39, 0.29) is 22.2 Å². The van der Waals surface area contributed by atoms with Crippen LogP contribution in [0, 0.1) is 0 Å². The SMILES string of the molecule is CC1(C)CC([N+](C)(C)CCC[N+](C)(C)C2CC(C)(C)N(O)C(C)(C)C2)CC(C)(C)N1O. The average molecular weight is 443 g/mol. The van der Waals surface area contributed by atoms with E-state index in [9.17, 15) is 10.4 Å². The van der Waals surface area contributed by atoms with Gasteiger partial charge in [0.1, 0.15) is 0 Å². The monoisotopic (exact) mass is 442 g/mol. The number of hydrogen-bond donors (Lipinski definition) is 2. The lowest BCUT2D eigenvalue weighted by atomic mass is 9.77. The van der Waals surface area contributed by atoms with Gasteiger partial charge in [-0.3, -0.25) is 0 Å². The fraction of sp³-hybridized carbons (Fsp3) is 1.00. The van der Waals surface area contributed by atoms with Crippen LogP contribution in [0.2, 0.25) is 0 Å². The van der Waals surface area contributed by atoms with Crippen LogP contribution in [-0.2, 0) is 0 Å².